The molecule has 0 N–H and O–H groups in total. The molecule has 0 aromatic carbocycles. The van der Waals surface area contributed by atoms with Crippen LogP contribution < -0.4 is 0 Å². The van der Waals surface area contributed by atoms with Gasteiger partial charge in [-0.3, -0.25) is 0 Å². The van der Waals surface area contributed by atoms with E-state index in [4.69, 9.17) is 0 Å². The molecule has 1 fully saturated rings. The summed E-state index contributed by atoms with van der Waals surface area (Å²) in [4.78, 5) is 1.59. The lowest BCUT2D eigenvalue weighted by atomic mass is 10.0. The second-order valence-electron chi connectivity index (χ2n) is 3.76. The van der Waals surface area contributed by atoms with Crippen LogP contribution in [0, 0.1) is 0 Å². The van der Waals surface area contributed by atoms with Gasteiger partial charge in [-0.2, -0.15) is 0 Å². The lowest BCUT2D eigenvalue weighted by Crippen LogP contribution is -2.04. The number of hydrogen-bond donors (Lipinski definition) is 0. The fraction of sp³-hybridized carbons (Fsp3) is 1.00. The van der Waals surface area contributed by atoms with Crippen LogP contribution in [0.15, 0.2) is 0 Å². The Labute approximate surface area is 92.8 Å². The van der Waals surface area contributed by atoms with Gasteiger partial charge in [0.25, 0.3) is 0 Å². The van der Waals surface area contributed by atoms with E-state index in [2.05, 4.69) is 31.9 Å². The summed E-state index contributed by atoms with van der Waals surface area (Å²) in [6.07, 6.45) is 11.1. The third kappa shape index (κ3) is 4.86. The topological polar surface area (TPSA) is 0 Å². The molecule has 1 aliphatic rings. The molecular formula is C10H18Br2. The molecule has 0 spiro atoms. The predicted octanol–water partition coefficient (Wildman–Crippen LogP) is 4.65. The van der Waals surface area contributed by atoms with Crippen molar-refractivity contribution >= 4 is 31.9 Å². The van der Waals surface area contributed by atoms with Crippen LogP contribution in [-0.4, -0.2) is 9.65 Å². The molecule has 0 saturated heterocycles. The molecule has 2 heteroatoms. The van der Waals surface area contributed by atoms with E-state index in [1.807, 2.05) is 0 Å². The zero-order chi connectivity index (χ0) is 8.81. The number of halogens is 2. The Bertz CT molecular complexity index is 88.4. The Morgan fingerprint density at radius 1 is 0.583 bits per heavy atom. The van der Waals surface area contributed by atoms with Crippen LogP contribution >= 0.6 is 31.9 Å². The van der Waals surface area contributed by atoms with Crippen molar-refractivity contribution in [3.63, 3.8) is 0 Å². The van der Waals surface area contributed by atoms with Gasteiger partial charge in [0.2, 0.25) is 0 Å². The van der Waals surface area contributed by atoms with Crippen molar-refractivity contribution in [1.82, 2.24) is 0 Å². The molecule has 0 aromatic heterocycles. The molecule has 0 aromatic rings. The molecule has 0 bridgehead atoms. The van der Waals surface area contributed by atoms with Gasteiger partial charge in [0.15, 0.2) is 0 Å². The molecule has 12 heavy (non-hydrogen) atoms. The van der Waals surface area contributed by atoms with Crippen LogP contribution in [0.4, 0.5) is 0 Å². The molecule has 0 amide bonds. The molecule has 1 saturated carbocycles. The number of alkyl halides is 2. The highest BCUT2D eigenvalue weighted by Crippen LogP contribution is 2.24. The van der Waals surface area contributed by atoms with Crippen molar-refractivity contribution in [3.8, 4) is 0 Å². The van der Waals surface area contributed by atoms with E-state index in [0.717, 1.165) is 9.65 Å². The quantitative estimate of drug-likeness (QED) is 0.571. The monoisotopic (exact) mass is 296 g/mol. The summed E-state index contributed by atoms with van der Waals surface area (Å²) in [5.74, 6) is 0. The average molecular weight is 298 g/mol. The maximum Gasteiger partial charge on any atom is 0.0145 e. The zero-order valence-electron chi connectivity index (χ0n) is 7.57. The van der Waals surface area contributed by atoms with Crippen LogP contribution in [-0.2, 0) is 0 Å². The largest absolute Gasteiger partial charge is 0.0891 e. The molecule has 0 unspecified atom stereocenters. The van der Waals surface area contributed by atoms with Crippen LogP contribution in [0.25, 0.3) is 0 Å². The van der Waals surface area contributed by atoms with Gasteiger partial charge in [-0.1, -0.05) is 57.5 Å². The minimum atomic E-state index is 0.796. The standard InChI is InChI=1S/C10H18Br2/c11-9-5-1-2-6-10(12)8-4-3-7-9/h9-10H,1-8H2. The second-order valence-corrected chi connectivity index (χ2v) is 6.35. The highest BCUT2D eigenvalue weighted by Gasteiger charge is 2.09. The van der Waals surface area contributed by atoms with Gasteiger partial charge in [-0.25, -0.2) is 0 Å². The van der Waals surface area contributed by atoms with Gasteiger partial charge in [-0.05, 0) is 25.7 Å². The molecule has 0 atom stereocenters. The van der Waals surface area contributed by atoms with E-state index >= 15 is 0 Å². The third-order valence-electron chi connectivity index (χ3n) is 2.57. The van der Waals surface area contributed by atoms with Gasteiger partial charge in [0, 0.05) is 9.65 Å². The Balaban J connectivity index is 2.20. The number of rotatable bonds is 0. The minimum Gasteiger partial charge on any atom is -0.0891 e. The Morgan fingerprint density at radius 3 is 1.08 bits per heavy atom. The minimum absolute atomic E-state index is 0.796. The van der Waals surface area contributed by atoms with Gasteiger partial charge >= 0.3 is 0 Å². The van der Waals surface area contributed by atoms with Crippen LogP contribution in [0.3, 0.4) is 0 Å². The number of hydrogen-bond acceptors (Lipinski definition) is 0. The van der Waals surface area contributed by atoms with Gasteiger partial charge in [-0.15, -0.1) is 0 Å². The van der Waals surface area contributed by atoms with E-state index in [0.29, 0.717) is 0 Å². The van der Waals surface area contributed by atoms with Crippen molar-refractivity contribution in [2.45, 2.75) is 61.0 Å². The summed E-state index contributed by atoms with van der Waals surface area (Å²) in [5.41, 5.74) is 0. The summed E-state index contributed by atoms with van der Waals surface area (Å²) in [6.45, 7) is 0. The molecule has 72 valence electrons. The fourth-order valence-corrected chi connectivity index (χ4v) is 3.05. The first-order valence-corrected chi connectivity index (χ1v) is 6.90. The Kier molecular flexibility index (Phi) is 5.90. The maximum atomic E-state index is 3.74. The molecule has 1 aliphatic carbocycles. The second kappa shape index (κ2) is 6.42. The van der Waals surface area contributed by atoms with Crippen molar-refractivity contribution < 1.29 is 0 Å². The molecular weight excluding hydrogens is 280 g/mol. The van der Waals surface area contributed by atoms with E-state index in [1.54, 1.807) is 0 Å². The maximum absolute atomic E-state index is 3.74. The molecule has 0 radical (unpaired) electrons. The lowest BCUT2D eigenvalue weighted by Gasteiger charge is -2.15. The van der Waals surface area contributed by atoms with Crippen molar-refractivity contribution in [2.75, 3.05) is 0 Å². The normalized spacial score (nSPS) is 34.5. The SMILES string of the molecule is BrC1CCCCC(Br)CCCC1. The first kappa shape index (κ1) is 11.0. The molecule has 1 rings (SSSR count). The molecule has 0 aliphatic heterocycles. The van der Waals surface area contributed by atoms with Crippen LogP contribution in [0.1, 0.15) is 51.4 Å². The zero-order valence-corrected chi connectivity index (χ0v) is 10.7. The summed E-state index contributed by atoms with van der Waals surface area (Å²) < 4.78 is 0. The summed E-state index contributed by atoms with van der Waals surface area (Å²) in [6, 6.07) is 0. The smallest absolute Gasteiger partial charge is 0.0145 e. The van der Waals surface area contributed by atoms with Gasteiger partial charge in [0.1, 0.15) is 0 Å². The predicted molar refractivity (Wildman–Crippen MR) is 62.4 cm³/mol. The summed E-state index contributed by atoms with van der Waals surface area (Å²) in [7, 11) is 0. The van der Waals surface area contributed by atoms with E-state index < -0.39 is 0 Å². The molecule has 0 nitrogen and oxygen atoms in total. The summed E-state index contributed by atoms with van der Waals surface area (Å²) in [5, 5.41) is 0. The van der Waals surface area contributed by atoms with Crippen LogP contribution in [0.5, 0.6) is 0 Å². The third-order valence-corrected chi connectivity index (χ3v) is 4.40. The highest BCUT2D eigenvalue weighted by molar-refractivity contribution is 9.09. The lowest BCUT2D eigenvalue weighted by molar-refractivity contribution is 0.525. The van der Waals surface area contributed by atoms with E-state index in [9.17, 15) is 0 Å². The fourth-order valence-electron chi connectivity index (χ4n) is 1.75. The highest BCUT2D eigenvalue weighted by atomic mass is 79.9. The van der Waals surface area contributed by atoms with Gasteiger partial charge < -0.3 is 0 Å². The first-order valence-electron chi connectivity index (χ1n) is 5.07. The Hall–Kier alpha value is 0.960. The van der Waals surface area contributed by atoms with Crippen molar-refractivity contribution in [1.29, 1.82) is 0 Å². The van der Waals surface area contributed by atoms with E-state index in [-0.39, 0.29) is 0 Å². The first-order chi connectivity index (χ1) is 5.79. The molecule has 0 heterocycles. The van der Waals surface area contributed by atoms with Crippen molar-refractivity contribution in [3.05, 3.63) is 0 Å². The van der Waals surface area contributed by atoms with Crippen LogP contribution in [0.2, 0.25) is 0 Å². The summed E-state index contributed by atoms with van der Waals surface area (Å²) >= 11 is 7.47. The Morgan fingerprint density at radius 2 is 0.833 bits per heavy atom. The van der Waals surface area contributed by atoms with E-state index in [1.165, 1.54) is 51.4 Å². The van der Waals surface area contributed by atoms with Gasteiger partial charge in [0.05, 0.1) is 0 Å². The van der Waals surface area contributed by atoms with Crippen molar-refractivity contribution in [2.24, 2.45) is 0 Å². The average Bonchev–Trinajstić information content (AvgIpc) is 2.06.